The molecular weight excluding hydrogens is 238 g/mol. The summed E-state index contributed by atoms with van der Waals surface area (Å²) in [6, 6.07) is -1.36. The highest BCUT2D eigenvalue weighted by molar-refractivity contribution is 5.82. The van der Waals surface area contributed by atoms with Crippen LogP contribution in [0.2, 0.25) is 0 Å². The van der Waals surface area contributed by atoms with Gasteiger partial charge >= 0.3 is 12.0 Å². The number of nitrogens with zero attached hydrogens (tertiary/aromatic N) is 3. The van der Waals surface area contributed by atoms with Crippen LogP contribution in [-0.2, 0) is 18.3 Å². The first-order chi connectivity index (χ1) is 8.54. The van der Waals surface area contributed by atoms with Gasteiger partial charge in [0.15, 0.2) is 0 Å². The lowest BCUT2D eigenvalue weighted by molar-refractivity contribution is -0.139. The first-order valence-corrected chi connectivity index (χ1v) is 5.64. The van der Waals surface area contributed by atoms with Crippen LogP contribution in [0.5, 0.6) is 0 Å². The van der Waals surface area contributed by atoms with E-state index in [-0.39, 0.29) is 0 Å². The number of aromatic nitrogens is 3. The molecule has 0 aromatic carbocycles. The molecule has 1 heterocycles. The number of carbonyl (C=O) groups is 2. The number of aliphatic carboxylic acids is 1. The summed E-state index contributed by atoms with van der Waals surface area (Å²) in [7, 11) is 1.81. The molecule has 3 N–H and O–H groups in total. The Kier molecular flexibility index (Phi) is 5.09. The van der Waals surface area contributed by atoms with Crippen molar-refractivity contribution in [3.63, 3.8) is 0 Å². The third kappa shape index (κ3) is 4.04. The van der Waals surface area contributed by atoms with E-state index in [0.717, 1.165) is 5.82 Å². The Morgan fingerprint density at radius 3 is 2.78 bits per heavy atom. The second kappa shape index (κ2) is 6.58. The molecule has 0 aliphatic heterocycles. The van der Waals surface area contributed by atoms with Gasteiger partial charge in [-0.15, -0.1) is 10.2 Å². The summed E-state index contributed by atoms with van der Waals surface area (Å²) in [6.07, 6.45) is 2.45. The van der Waals surface area contributed by atoms with Crippen LogP contribution in [0.1, 0.15) is 19.2 Å². The van der Waals surface area contributed by atoms with Gasteiger partial charge in [0.1, 0.15) is 18.2 Å². The number of amides is 2. The second-order valence-corrected chi connectivity index (χ2v) is 3.81. The summed E-state index contributed by atoms with van der Waals surface area (Å²) in [5, 5.41) is 21.3. The van der Waals surface area contributed by atoms with Gasteiger partial charge < -0.3 is 20.3 Å². The van der Waals surface area contributed by atoms with Crippen molar-refractivity contribution in [2.45, 2.75) is 25.8 Å². The molecule has 2 amide bonds. The summed E-state index contributed by atoms with van der Waals surface area (Å²) in [5.41, 5.74) is 0. The molecule has 0 aliphatic carbocycles. The minimum atomic E-state index is -1.04. The molecular formula is C10H17N5O3. The fourth-order valence-corrected chi connectivity index (χ4v) is 1.37. The first kappa shape index (κ1) is 13.9. The zero-order valence-electron chi connectivity index (χ0n) is 10.4. The molecule has 0 fully saturated rings. The molecule has 1 aromatic rings. The smallest absolute Gasteiger partial charge is 0.326 e. The quantitative estimate of drug-likeness (QED) is 0.636. The van der Waals surface area contributed by atoms with Crippen LogP contribution in [0.3, 0.4) is 0 Å². The minimum Gasteiger partial charge on any atom is -0.480 e. The van der Waals surface area contributed by atoms with E-state index in [1.54, 1.807) is 17.8 Å². The number of rotatable bonds is 6. The number of carboxylic acids is 1. The zero-order chi connectivity index (χ0) is 13.5. The Hall–Kier alpha value is -2.12. The van der Waals surface area contributed by atoms with Crippen LogP contribution < -0.4 is 10.6 Å². The molecule has 0 saturated carbocycles. The van der Waals surface area contributed by atoms with E-state index in [1.165, 1.54) is 0 Å². The predicted molar refractivity (Wildman–Crippen MR) is 63.0 cm³/mol. The Bertz CT molecular complexity index is 417. The molecule has 0 saturated heterocycles. The van der Waals surface area contributed by atoms with Crippen molar-refractivity contribution in [3.05, 3.63) is 12.2 Å². The molecule has 0 aliphatic rings. The lowest BCUT2D eigenvalue weighted by atomic mass is 10.2. The van der Waals surface area contributed by atoms with E-state index in [9.17, 15) is 9.59 Å². The summed E-state index contributed by atoms with van der Waals surface area (Å²) < 4.78 is 1.76. The molecule has 100 valence electrons. The van der Waals surface area contributed by atoms with Crippen LogP contribution in [0.15, 0.2) is 6.33 Å². The van der Waals surface area contributed by atoms with Crippen molar-refractivity contribution >= 4 is 12.0 Å². The van der Waals surface area contributed by atoms with E-state index < -0.39 is 18.0 Å². The molecule has 8 heteroatoms. The summed E-state index contributed by atoms with van der Waals surface area (Å²) in [5.74, 6) is -0.290. The number of hydrogen-bond acceptors (Lipinski definition) is 4. The van der Waals surface area contributed by atoms with E-state index in [2.05, 4.69) is 20.8 Å². The summed E-state index contributed by atoms with van der Waals surface area (Å²) in [6.45, 7) is 2.06. The average Bonchev–Trinajstić information content (AvgIpc) is 2.71. The van der Waals surface area contributed by atoms with Crippen molar-refractivity contribution in [1.29, 1.82) is 0 Å². The van der Waals surface area contributed by atoms with Gasteiger partial charge in [0.05, 0.1) is 0 Å². The van der Waals surface area contributed by atoms with Crippen molar-refractivity contribution < 1.29 is 14.7 Å². The van der Waals surface area contributed by atoms with Gasteiger partial charge in [-0.05, 0) is 6.42 Å². The van der Waals surface area contributed by atoms with Crippen LogP contribution in [-0.4, -0.2) is 44.5 Å². The first-order valence-electron chi connectivity index (χ1n) is 5.64. The molecule has 18 heavy (non-hydrogen) atoms. The molecule has 0 spiro atoms. The van der Waals surface area contributed by atoms with Gasteiger partial charge in [0.25, 0.3) is 0 Å². The summed E-state index contributed by atoms with van der Waals surface area (Å²) >= 11 is 0. The number of nitrogens with one attached hydrogen (secondary N) is 2. The van der Waals surface area contributed by atoms with E-state index >= 15 is 0 Å². The largest absolute Gasteiger partial charge is 0.480 e. The van der Waals surface area contributed by atoms with Crippen LogP contribution in [0.25, 0.3) is 0 Å². The van der Waals surface area contributed by atoms with Gasteiger partial charge in [-0.25, -0.2) is 9.59 Å². The molecule has 0 radical (unpaired) electrons. The molecule has 0 bridgehead atoms. The highest BCUT2D eigenvalue weighted by atomic mass is 16.4. The Labute approximate surface area is 104 Å². The third-order valence-corrected chi connectivity index (χ3v) is 2.45. The normalized spacial score (nSPS) is 11.9. The highest BCUT2D eigenvalue weighted by Gasteiger charge is 2.16. The van der Waals surface area contributed by atoms with Crippen LogP contribution in [0, 0.1) is 0 Å². The molecule has 0 unspecified atom stereocenters. The monoisotopic (exact) mass is 255 g/mol. The summed E-state index contributed by atoms with van der Waals surface area (Å²) in [4.78, 5) is 22.1. The lowest BCUT2D eigenvalue weighted by Gasteiger charge is -2.12. The zero-order valence-corrected chi connectivity index (χ0v) is 10.4. The number of hydrogen-bond donors (Lipinski definition) is 3. The van der Waals surface area contributed by atoms with Gasteiger partial charge in [0, 0.05) is 20.0 Å². The van der Waals surface area contributed by atoms with Crippen molar-refractivity contribution in [1.82, 2.24) is 25.4 Å². The van der Waals surface area contributed by atoms with E-state index in [0.29, 0.717) is 19.4 Å². The maximum atomic E-state index is 11.4. The average molecular weight is 255 g/mol. The maximum Gasteiger partial charge on any atom is 0.326 e. The Morgan fingerprint density at radius 1 is 1.56 bits per heavy atom. The number of carbonyl (C=O) groups excluding carboxylic acids is 1. The molecule has 1 atom stereocenters. The van der Waals surface area contributed by atoms with Crippen molar-refractivity contribution in [2.24, 2.45) is 7.05 Å². The molecule has 1 aromatic heterocycles. The van der Waals surface area contributed by atoms with Gasteiger partial charge in [0.2, 0.25) is 0 Å². The van der Waals surface area contributed by atoms with E-state index in [1.807, 2.05) is 7.05 Å². The Morgan fingerprint density at radius 2 is 2.28 bits per heavy atom. The van der Waals surface area contributed by atoms with Gasteiger partial charge in [-0.3, -0.25) is 0 Å². The fourth-order valence-electron chi connectivity index (χ4n) is 1.37. The molecule has 1 rings (SSSR count). The fraction of sp³-hybridized carbons (Fsp3) is 0.600. The SMILES string of the molecule is CC[C@H](NC(=O)NCCc1nncn1C)C(=O)O. The van der Waals surface area contributed by atoms with Crippen LogP contribution >= 0.6 is 0 Å². The van der Waals surface area contributed by atoms with Crippen LogP contribution in [0.4, 0.5) is 4.79 Å². The number of carboxylic acid groups (broad SMARTS) is 1. The third-order valence-electron chi connectivity index (χ3n) is 2.45. The highest BCUT2D eigenvalue weighted by Crippen LogP contribution is 1.92. The van der Waals surface area contributed by atoms with Gasteiger partial charge in [-0.1, -0.05) is 6.92 Å². The number of urea groups is 1. The van der Waals surface area contributed by atoms with Crippen molar-refractivity contribution in [3.8, 4) is 0 Å². The maximum absolute atomic E-state index is 11.4. The predicted octanol–water partition coefficient (Wildman–Crippen LogP) is -0.480. The topological polar surface area (TPSA) is 109 Å². The second-order valence-electron chi connectivity index (χ2n) is 3.81. The van der Waals surface area contributed by atoms with Gasteiger partial charge in [-0.2, -0.15) is 0 Å². The standard InChI is InChI=1S/C10H17N5O3/c1-3-7(9(16)17)13-10(18)11-5-4-8-14-12-6-15(8)2/h6-7H,3-5H2,1-2H3,(H,16,17)(H2,11,13,18)/t7-/m0/s1. The molecule has 8 nitrogen and oxygen atoms in total. The van der Waals surface area contributed by atoms with E-state index in [4.69, 9.17) is 5.11 Å². The minimum absolute atomic E-state index is 0.339. The number of aryl methyl sites for hydroxylation is 1. The lowest BCUT2D eigenvalue weighted by Crippen LogP contribution is -2.46. The van der Waals surface area contributed by atoms with Crippen molar-refractivity contribution in [2.75, 3.05) is 6.54 Å². The Balaban J connectivity index is 2.29.